The van der Waals surface area contributed by atoms with Crippen LogP contribution in [0.4, 0.5) is 0 Å². The number of carbonyl (C=O) groups excluding carboxylic acids is 2. The van der Waals surface area contributed by atoms with Crippen molar-refractivity contribution >= 4 is 35.0 Å². The lowest BCUT2D eigenvalue weighted by Gasteiger charge is -2.33. The highest BCUT2D eigenvalue weighted by atomic mass is 35.5. The zero-order chi connectivity index (χ0) is 26.9. The summed E-state index contributed by atoms with van der Waals surface area (Å²) in [6, 6.07) is 22.2. The van der Waals surface area contributed by atoms with Gasteiger partial charge in [0.15, 0.2) is 0 Å². The van der Waals surface area contributed by atoms with Crippen molar-refractivity contribution in [3.05, 3.63) is 99.5 Å². The summed E-state index contributed by atoms with van der Waals surface area (Å²) < 4.78 is 6.35. The van der Waals surface area contributed by atoms with Gasteiger partial charge in [0.05, 0.1) is 27.2 Å². The lowest BCUT2D eigenvalue weighted by atomic mass is 10.0. The van der Waals surface area contributed by atoms with Crippen molar-refractivity contribution < 1.29 is 14.3 Å². The first kappa shape index (κ1) is 28.0. The highest BCUT2D eigenvalue weighted by molar-refractivity contribution is 6.39. The number of nitrogens with zero attached hydrogens (tertiary/aromatic N) is 2. The van der Waals surface area contributed by atoms with Gasteiger partial charge in [-0.2, -0.15) is 0 Å². The molecule has 1 heterocycles. The minimum atomic E-state index is -0.300. The third-order valence-corrected chi connectivity index (χ3v) is 7.62. The van der Waals surface area contributed by atoms with Gasteiger partial charge in [0.2, 0.25) is 0 Å². The second kappa shape index (κ2) is 13.7. The summed E-state index contributed by atoms with van der Waals surface area (Å²) in [5.74, 6) is 0.281. The fraction of sp³-hybridized carbons (Fsp3) is 0.355. The molecule has 7 heteroatoms. The van der Waals surface area contributed by atoms with Gasteiger partial charge in [-0.05, 0) is 56.0 Å². The molecule has 0 bridgehead atoms. The molecule has 0 saturated carbocycles. The smallest absolute Gasteiger partial charge is 0.257 e. The fourth-order valence-electron chi connectivity index (χ4n) is 4.91. The van der Waals surface area contributed by atoms with Crippen LogP contribution >= 0.6 is 23.2 Å². The van der Waals surface area contributed by atoms with E-state index in [9.17, 15) is 9.59 Å². The highest BCUT2D eigenvalue weighted by Gasteiger charge is 2.29. The van der Waals surface area contributed by atoms with E-state index in [0.29, 0.717) is 53.0 Å². The third kappa shape index (κ3) is 6.89. The van der Waals surface area contributed by atoms with Crippen molar-refractivity contribution in [1.82, 2.24) is 9.80 Å². The molecular weight excluding hydrogens is 519 g/mol. The van der Waals surface area contributed by atoms with E-state index < -0.39 is 0 Å². The van der Waals surface area contributed by atoms with Gasteiger partial charge in [0.1, 0.15) is 12.4 Å². The molecule has 0 aromatic heterocycles. The largest absolute Gasteiger partial charge is 0.491 e. The van der Waals surface area contributed by atoms with Crippen molar-refractivity contribution in [3.63, 3.8) is 0 Å². The molecule has 0 fully saturated rings. The van der Waals surface area contributed by atoms with E-state index in [1.165, 1.54) is 0 Å². The zero-order valence-electron chi connectivity index (χ0n) is 21.7. The molecule has 0 saturated heterocycles. The number of amides is 2. The molecular formula is C31H34Cl2N2O3. The minimum Gasteiger partial charge on any atom is -0.491 e. The van der Waals surface area contributed by atoms with Gasteiger partial charge in [-0.1, -0.05) is 84.6 Å². The lowest BCUT2D eigenvalue weighted by molar-refractivity contribution is 0.0598. The van der Waals surface area contributed by atoms with Gasteiger partial charge in [-0.15, -0.1) is 0 Å². The zero-order valence-corrected chi connectivity index (χ0v) is 23.3. The summed E-state index contributed by atoms with van der Waals surface area (Å²) in [6.07, 6.45) is 4.24. The summed E-state index contributed by atoms with van der Waals surface area (Å²) in [4.78, 5) is 31.1. The predicted molar refractivity (Wildman–Crippen MR) is 153 cm³/mol. The summed E-state index contributed by atoms with van der Waals surface area (Å²) in [5.41, 5.74) is 1.94. The van der Waals surface area contributed by atoms with E-state index in [-0.39, 0.29) is 24.5 Å². The van der Waals surface area contributed by atoms with Crippen molar-refractivity contribution in [1.29, 1.82) is 0 Å². The molecule has 0 aliphatic carbocycles. The number of benzene rings is 3. The second-order valence-corrected chi connectivity index (χ2v) is 10.4. The minimum absolute atomic E-state index is 0.0319. The van der Waals surface area contributed by atoms with Crippen LogP contribution in [0.15, 0.2) is 72.8 Å². The summed E-state index contributed by atoms with van der Waals surface area (Å²) in [5, 5.41) is 0.661. The Morgan fingerprint density at radius 3 is 2.24 bits per heavy atom. The molecule has 1 aliphatic heterocycles. The Balaban J connectivity index is 1.72. The molecule has 3 aromatic carbocycles. The highest BCUT2D eigenvalue weighted by Crippen LogP contribution is 2.28. The van der Waals surface area contributed by atoms with Gasteiger partial charge in [0, 0.05) is 19.6 Å². The van der Waals surface area contributed by atoms with E-state index in [1.807, 2.05) is 71.3 Å². The van der Waals surface area contributed by atoms with Crippen LogP contribution in [0.25, 0.3) is 0 Å². The number of rotatable bonds is 4. The molecule has 5 nitrogen and oxygen atoms in total. The fourth-order valence-corrected chi connectivity index (χ4v) is 5.47. The number of para-hydroxylation sites is 1. The monoisotopic (exact) mass is 552 g/mol. The van der Waals surface area contributed by atoms with Crippen LogP contribution < -0.4 is 4.74 Å². The Hall–Kier alpha value is -3.02. The Morgan fingerprint density at radius 2 is 1.53 bits per heavy atom. The van der Waals surface area contributed by atoms with Gasteiger partial charge in [0.25, 0.3) is 11.8 Å². The van der Waals surface area contributed by atoms with Crippen LogP contribution in [-0.2, 0) is 6.42 Å². The summed E-state index contributed by atoms with van der Waals surface area (Å²) >= 11 is 13.0. The molecule has 0 unspecified atom stereocenters. The van der Waals surface area contributed by atoms with Crippen molar-refractivity contribution in [2.45, 2.75) is 45.1 Å². The summed E-state index contributed by atoms with van der Waals surface area (Å²) in [6.45, 7) is 4.12. The molecule has 2 amide bonds. The van der Waals surface area contributed by atoms with Crippen LogP contribution in [0.1, 0.15) is 58.9 Å². The third-order valence-electron chi connectivity index (χ3n) is 6.99. The average molecular weight is 554 g/mol. The van der Waals surface area contributed by atoms with E-state index in [4.69, 9.17) is 27.9 Å². The average Bonchev–Trinajstić information content (AvgIpc) is 2.93. The maximum absolute atomic E-state index is 14.0. The Kier molecular flexibility index (Phi) is 10.1. The number of fused-ring (bicyclic) bond motifs is 1. The molecule has 3 aromatic rings. The van der Waals surface area contributed by atoms with Gasteiger partial charge >= 0.3 is 0 Å². The Morgan fingerprint density at radius 1 is 0.868 bits per heavy atom. The Bertz CT molecular complexity index is 1210. The molecule has 0 spiro atoms. The second-order valence-electron chi connectivity index (χ2n) is 9.54. The first-order chi connectivity index (χ1) is 18.5. The molecule has 0 N–H and O–H groups in total. The van der Waals surface area contributed by atoms with Crippen LogP contribution in [-0.4, -0.2) is 53.9 Å². The van der Waals surface area contributed by atoms with Crippen molar-refractivity contribution in [3.8, 4) is 5.75 Å². The van der Waals surface area contributed by atoms with E-state index in [0.717, 1.165) is 31.2 Å². The van der Waals surface area contributed by atoms with Crippen molar-refractivity contribution in [2.24, 2.45) is 0 Å². The van der Waals surface area contributed by atoms with Gasteiger partial charge < -0.3 is 14.5 Å². The normalized spacial score (nSPS) is 17.3. The van der Waals surface area contributed by atoms with E-state index >= 15 is 0 Å². The SMILES string of the molecule is CCN1CCCCCCN(C(=O)c2c(Cl)cccc2Cl)[C@H](Cc2ccccc2)COc2ccccc2C1=O. The van der Waals surface area contributed by atoms with Crippen LogP contribution in [0, 0.1) is 0 Å². The Labute approximate surface area is 235 Å². The van der Waals surface area contributed by atoms with E-state index in [2.05, 4.69) is 0 Å². The van der Waals surface area contributed by atoms with Gasteiger partial charge in [-0.3, -0.25) is 9.59 Å². The van der Waals surface area contributed by atoms with Gasteiger partial charge in [-0.25, -0.2) is 0 Å². The molecule has 1 aliphatic rings. The molecule has 1 atom stereocenters. The number of carbonyl (C=O) groups is 2. The molecule has 0 radical (unpaired) electrons. The molecule has 200 valence electrons. The molecule has 38 heavy (non-hydrogen) atoms. The number of halogens is 2. The quantitative estimate of drug-likeness (QED) is 0.345. The number of ether oxygens (including phenoxy) is 1. The first-order valence-electron chi connectivity index (χ1n) is 13.3. The van der Waals surface area contributed by atoms with Crippen LogP contribution in [0.5, 0.6) is 5.75 Å². The topological polar surface area (TPSA) is 49.9 Å². The number of hydrogen-bond acceptors (Lipinski definition) is 3. The number of hydrogen-bond donors (Lipinski definition) is 0. The lowest BCUT2D eigenvalue weighted by Crippen LogP contribution is -2.46. The maximum Gasteiger partial charge on any atom is 0.257 e. The molecule has 4 rings (SSSR count). The van der Waals surface area contributed by atoms with E-state index in [1.54, 1.807) is 18.2 Å². The van der Waals surface area contributed by atoms with Crippen LogP contribution in [0.3, 0.4) is 0 Å². The predicted octanol–water partition coefficient (Wildman–Crippen LogP) is 7.16. The van der Waals surface area contributed by atoms with Crippen LogP contribution in [0.2, 0.25) is 10.0 Å². The first-order valence-corrected chi connectivity index (χ1v) is 14.0. The summed E-state index contributed by atoms with van der Waals surface area (Å²) in [7, 11) is 0. The maximum atomic E-state index is 14.0. The standard InChI is InChI=1S/C31H34Cl2N2O3/c1-2-34-19-10-3-4-11-20-35(31(37)29-26(32)16-12-17-27(29)33)24(21-23-13-6-5-7-14-23)22-38-28-18-9-8-15-25(28)30(34)36/h5-9,12-18,24H,2-4,10-11,19-22H2,1H3/t24-/m1/s1. The van der Waals surface area contributed by atoms with Crippen molar-refractivity contribution in [2.75, 3.05) is 26.2 Å².